The number of oxime groups is 1. The van der Waals surface area contributed by atoms with Crippen molar-refractivity contribution in [2.75, 3.05) is 7.05 Å². The Labute approximate surface area is 92.1 Å². The minimum absolute atomic E-state index is 0.415. The summed E-state index contributed by atoms with van der Waals surface area (Å²) in [5.41, 5.74) is 1.00. The Hall–Kier alpha value is -0.570. The Morgan fingerprint density at radius 3 is 2.53 bits per heavy atom. The van der Waals surface area contributed by atoms with E-state index in [1.54, 1.807) is 0 Å². The monoisotopic (exact) mass is 210 g/mol. The third-order valence-corrected chi connectivity index (χ3v) is 4.07. The van der Waals surface area contributed by atoms with Crippen molar-refractivity contribution in [3.63, 3.8) is 0 Å². The molecule has 2 fully saturated rings. The highest BCUT2D eigenvalue weighted by atomic mass is 16.4. The highest BCUT2D eigenvalue weighted by Gasteiger charge is 2.31. The van der Waals surface area contributed by atoms with E-state index in [2.05, 4.69) is 17.1 Å². The largest absolute Gasteiger partial charge is 0.411 e. The van der Waals surface area contributed by atoms with Gasteiger partial charge in [-0.1, -0.05) is 24.4 Å². The molecule has 2 aliphatic carbocycles. The molecular weight excluding hydrogens is 188 g/mol. The lowest BCUT2D eigenvalue weighted by Crippen LogP contribution is -2.43. The Morgan fingerprint density at radius 2 is 1.87 bits per heavy atom. The van der Waals surface area contributed by atoms with Crippen molar-refractivity contribution >= 4 is 5.71 Å². The van der Waals surface area contributed by atoms with Crippen molar-refractivity contribution in [3.8, 4) is 0 Å². The Morgan fingerprint density at radius 1 is 1.13 bits per heavy atom. The van der Waals surface area contributed by atoms with E-state index in [9.17, 15) is 0 Å². The highest BCUT2D eigenvalue weighted by Crippen LogP contribution is 2.28. The van der Waals surface area contributed by atoms with Crippen LogP contribution < -0.4 is 0 Å². The fraction of sp³-hybridized carbons (Fsp3) is 0.917. The van der Waals surface area contributed by atoms with E-state index in [4.69, 9.17) is 5.21 Å². The van der Waals surface area contributed by atoms with Gasteiger partial charge in [0.25, 0.3) is 0 Å². The second kappa shape index (κ2) is 4.97. The molecule has 3 nitrogen and oxygen atoms in total. The molecule has 1 atom stereocenters. The smallest absolute Gasteiger partial charge is 0.0742 e. The van der Waals surface area contributed by atoms with E-state index < -0.39 is 0 Å². The summed E-state index contributed by atoms with van der Waals surface area (Å²) in [5.74, 6) is 0. The van der Waals surface area contributed by atoms with Gasteiger partial charge in [0.1, 0.15) is 0 Å². The number of hydrogen-bond donors (Lipinski definition) is 1. The van der Waals surface area contributed by atoms with Crippen LogP contribution in [0.4, 0.5) is 0 Å². The summed E-state index contributed by atoms with van der Waals surface area (Å²) in [6.45, 7) is 0. The van der Waals surface area contributed by atoms with E-state index in [0.717, 1.165) is 18.2 Å². The molecule has 1 N–H and O–H groups in total. The van der Waals surface area contributed by atoms with Crippen LogP contribution in [0.5, 0.6) is 0 Å². The lowest BCUT2D eigenvalue weighted by atomic mass is 9.93. The first-order valence-electron chi connectivity index (χ1n) is 6.25. The zero-order valence-electron chi connectivity index (χ0n) is 9.65. The molecule has 0 aromatic rings. The van der Waals surface area contributed by atoms with Crippen molar-refractivity contribution < 1.29 is 5.21 Å². The maximum Gasteiger partial charge on any atom is 0.0742 e. The van der Waals surface area contributed by atoms with Crippen LogP contribution >= 0.6 is 0 Å². The molecule has 0 heterocycles. The Bertz CT molecular complexity index is 234. The number of nitrogens with zero attached hydrogens (tertiary/aromatic N) is 2. The lowest BCUT2D eigenvalue weighted by Gasteiger charge is -2.35. The minimum Gasteiger partial charge on any atom is -0.411 e. The van der Waals surface area contributed by atoms with Crippen LogP contribution in [-0.4, -0.2) is 35.0 Å². The summed E-state index contributed by atoms with van der Waals surface area (Å²) >= 11 is 0. The van der Waals surface area contributed by atoms with Crippen LogP contribution in [0, 0.1) is 0 Å². The van der Waals surface area contributed by atoms with Gasteiger partial charge in [-0.15, -0.1) is 0 Å². The molecule has 0 bridgehead atoms. The average molecular weight is 210 g/mol. The standard InChI is InChI=1S/C12H22N2O/c1-14(10-6-3-2-4-7-10)12-9-5-8-11(12)13-15/h10,12,15H,2-9H2,1H3/b13-11+/t12-/m0/s1. The van der Waals surface area contributed by atoms with Gasteiger partial charge >= 0.3 is 0 Å². The van der Waals surface area contributed by atoms with Gasteiger partial charge in [0.2, 0.25) is 0 Å². The van der Waals surface area contributed by atoms with Crippen molar-refractivity contribution in [1.82, 2.24) is 4.90 Å². The third kappa shape index (κ3) is 2.33. The first-order chi connectivity index (χ1) is 7.33. The van der Waals surface area contributed by atoms with E-state index in [0.29, 0.717) is 6.04 Å². The first kappa shape index (κ1) is 10.9. The van der Waals surface area contributed by atoms with Crippen LogP contribution in [0.2, 0.25) is 0 Å². The molecule has 2 aliphatic rings. The molecule has 0 aliphatic heterocycles. The maximum atomic E-state index is 8.94. The van der Waals surface area contributed by atoms with Crippen molar-refractivity contribution in [3.05, 3.63) is 0 Å². The second-order valence-electron chi connectivity index (χ2n) is 4.96. The molecule has 0 radical (unpaired) electrons. The fourth-order valence-corrected chi connectivity index (χ4v) is 3.11. The van der Waals surface area contributed by atoms with E-state index in [1.807, 2.05) is 0 Å². The lowest BCUT2D eigenvalue weighted by molar-refractivity contribution is 0.166. The fourth-order valence-electron chi connectivity index (χ4n) is 3.11. The number of hydrogen-bond acceptors (Lipinski definition) is 3. The van der Waals surface area contributed by atoms with Gasteiger partial charge in [-0.05, 0) is 39.2 Å². The topological polar surface area (TPSA) is 35.8 Å². The van der Waals surface area contributed by atoms with Gasteiger partial charge in [0.05, 0.1) is 11.8 Å². The molecule has 15 heavy (non-hydrogen) atoms. The zero-order chi connectivity index (χ0) is 10.7. The van der Waals surface area contributed by atoms with Gasteiger partial charge in [-0.25, -0.2) is 0 Å². The van der Waals surface area contributed by atoms with Crippen molar-refractivity contribution in [1.29, 1.82) is 0 Å². The summed E-state index contributed by atoms with van der Waals surface area (Å²) in [4.78, 5) is 2.46. The van der Waals surface area contributed by atoms with Gasteiger partial charge in [0.15, 0.2) is 0 Å². The van der Waals surface area contributed by atoms with Gasteiger partial charge in [-0.3, -0.25) is 4.90 Å². The Kier molecular flexibility index (Phi) is 3.62. The quantitative estimate of drug-likeness (QED) is 0.562. The summed E-state index contributed by atoms with van der Waals surface area (Å²) in [6, 6.07) is 1.14. The molecule has 0 spiro atoms. The summed E-state index contributed by atoms with van der Waals surface area (Å²) in [6.07, 6.45) is 10.1. The average Bonchev–Trinajstić information content (AvgIpc) is 2.77. The maximum absolute atomic E-state index is 8.94. The molecule has 0 amide bonds. The molecule has 2 saturated carbocycles. The molecule has 0 unspecified atom stereocenters. The molecule has 2 rings (SSSR count). The van der Waals surface area contributed by atoms with E-state index in [-0.39, 0.29) is 0 Å². The molecule has 86 valence electrons. The third-order valence-electron chi connectivity index (χ3n) is 4.07. The van der Waals surface area contributed by atoms with E-state index in [1.165, 1.54) is 44.9 Å². The predicted octanol–water partition coefficient (Wildman–Crippen LogP) is 2.63. The molecule has 0 saturated heterocycles. The van der Waals surface area contributed by atoms with Crippen LogP contribution in [0.25, 0.3) is 0 Å². The van der Waals surface area contributed by atoms with Gasteiger partial charge in [0, 0.05) is 6.04 Å². The van der Waals surface area contributed by atoms with Crippen LogP contribution in [0.15, 0.2) is 5.16 Å². The second-order valence-corrected chi connectivity index (χ2v) is 4.96. The van der Waals surface area contributed by atoms with Crippen molar-refractivity contribution in [2.45, 2.75) is 63.5 Å². The summed E-state index contributed by atoms with van der Waals surface area (Å²) in [5, 5.41) is 12.4. The number of rotatable bonds is 2. The molecule has 0 aromatic carbocycles. The normalized spacial score (nSPS) is 31.6. The molecule has 3 heteroatoms. The first-order valence-corrected chi connectivity index (χ1v) is 6.25. The van der Waals surface area contributed by atoms with Gasteiger partial charge in [-0.2, -0.15) is 0 Å². The molecular formula is C12H22N2O. The van der Waals surface area contributed by atoms with Gasteiger partial charge < -0.3 is 5.21 Å². The van der Waals surface area contributed by atoms with Crippen molar-refractivity contribution in [2.24, 2.45) is 5.16 Å². The predicted molar refractivity (Wildman–Crippen MR) is 61.5 cm³/mol. The Balaban J connectivity index is 1.96. The summed E-state index contributed by atoms with van der Waals surface area (Å²) in [7, 11) is 2.21. The highest BCUT2D eigenvalue weighted by molar-refractivity contribution is 5.90. The van der Waals surface area contributed by atoms with E-state index >= 15 is 0 Å². The zero-order valence-corrected chi connectivity index (χ0v) is 9.65. The van der Waals surface area contributed by atoms with Crippen LogP contribution in [0.3, 0.4) is 0 Å². The SMILES string of the molecule is CN(C1CCCCC1)[C@H]1CCC/C1=N\O. The van der Waals surface area contributed by atoms with Crippen LogP contribution in [-0.2, 0) is 0 Å². The van der Waals surface area contributed by atoms with Crippen LogP contribution in [0.1, 0.15) is 51.4 Å². The summed E-state index contributed by atoms with van der Waals surface area (Å²) < 4.78 is 0. The minimum atomic E-state index is 0.415. The molecule has 0 aromatic heterocycles.